The van der Waals surface area contributed by atoms with Crippen molar-refractivity contribution < 1.29 is 13.2 Å². The Morgan fingerprint density at radius 2 is 2.14 bits per heavy atom. The zero-order valence-corrected chi connectivity index (χ0v) is 14.3. The van der Waals surface area contributed by atoms with Crippen molar-refractivity contribution in [1.29, 1.82) is 0 Å². The molecule has 1 aromatic carbocycles. The molecule has 1 aromatic heterocycles. The highest BCUT2D eigenvalue weighted by atomic mass is 79.9. The molecule has 0 amide bonds. The largest absolute Gasteiger partial charge is 0.495 e. The van der Waals surface area contributed by atoms with Crippen molar-refractivity contribution in [1.82, 2.24) is 9.78 Å². The lowest BCUT2D eigenvalue weighted by molar-refractivity contribution is 0.403. The molecule has 0 bridgehead atoms. The van der Waals surface area contributed by atoms with Gasteiger partial charge in [-0.05, 0) is 24.6 Å². The number of aromatic nitrogens is 2. The highest BCUT2D eigenvalue weighted by molar-refractivity contribution is 9.10. The van der Waals surface area contributed by atoms with Gasteiger partial charge in [-0.25, -0.2) is 8.42 Å². The van der Waals surface area contributed by atoms with Crippen LogP contribution in [-0.2, 0) is 23.5 Å². The molecule has 0 aliphatic heterocycles. The molecule has 8 heteroatoms. The molecule has 0 radical (unpaired) electrons. The second-order valence-corrected chi connectivity index (χ2v) is 6.98. The molecular formula is C13H16BrN3O3S. The Kier molecular flexibility index (Phi) is 4.58. The van der Waals surface area contributed by atoms with E-state index in [1.54, 1.807) is 30.1 Å². The molecule has 0 saturated heterocycles. The molecule has 0 aliphatic carbocycles. The number of anilines is 1. The van der Waals surface area contributed by atoms with Crippen molar-refractivity contribution in [3.63, 3.8) is 0 Å². The molecule has 6 nitrogen and oxygen atoms in total. The summed E-state index contributed by atoms with van der Waals surface area (Å²) in [6, 6.07) is 4.82. The van der Waals surface area contributed by atoms with Gasteiger partial charge in [-0.15, -0.1) is 0 Å². The van der Waals surface area contributed by atoms with E-state index in [0.717, 1.165) is 0 Å². The maximum Gasteiger partial charge on any atom is 0.265 e. The van der Waals surface area contributed by atoms with Crippen molar-refractivity contribution in [2.24, 2.45) is 7.05 Å². The van der Waals surface area contributed by atoms with E-state index in [0.29, 0.717) is 22.3 Å². The molecule has 21 heavy (non-hydrogen) atoms. The molecule has 0 saturated carbocycles. The summed E-state index contributed by atoms with van der Waals surface area (Å²) in [5.41, 5.74) is 1.16. The lowest BCUT2D eigenvalue weighted by atomic mass is 10.3. The van der Waals surface area contributed by atoms with Crippen LogP contribution in [0.5, 0.6) is 5.75 Å². The van der Waals surface area contributed by atoms with Gasteiger partial charge in [0.25, 0.3) is 10.0 Å². The van der Waals surface area contributed by atoms with Gasteiger partial charge in [0.05, 0.1) is 18.5 Å². The fourth-order valence-corrected chi connectivity index (χ4v) is 3.72. The van der Waals surface area contributed by atoms with E-state index < -0.39 is 10.0 Å². The standard InChI is InChI=1S/C13H16BrN3O3S/c1-4-10-11(8-17(2)15-10)16-21(18,19)13-7-9(14)5-6-12(13)20-3/h5-8,16H,4H2,1-3H3. The van der Waals surface area contributed by atoms with Gasteiger partial charge in [-0.3, -0.25) is 9.40 Å². The Labute approximate surface area is 132 Å². The van der Waals surface area contributed by atoms with E-state index in [2.05, 4.69) is 25.8 Å². The van der Waals surface area contributed by atoms with Crippen LogP contribution < -0.4 is 9.46 Å². The quantitative estimate of drug-likeness (QED) is 0.873. The first-order chi connectivity index (χ1) is 9.87. The van der Waals surface area contributed by atoms with Crippen LogP contribution in [0.1, 0.15) is 12.6 Å². The van der Waals surface area contributed by atoms with Gasteiger partial charge in [0.2, 0.25) is 0 Å². The van der Waals surface area contributed by atoms with Crippen LogP contribution in [0.4, 0.5) is 5.69 Å². The van der Waals surface area contributed by atoms with Gasteiger partial charge in [0, 0.05) is 17.7 Å². The van der Waals surface area contributed by atoms with E-state index >= 15 is 0 Å². The van der Waals surface area contributed by atoms with Gasteiger partial charge < -0.3 is 4.74 Å². The molecule has 0 atom stereocenters. The van der Waals surface area contributed by atoms with Crippen molar-refractivity contribution in [2.45, 2.75) is 18.2 Å². The Balaban J connectivity index is 2.45. The summed E-state index contributed by atoms with van der Waals surface area (Å²) >= 11 is 3.27. The van der Waals surface area contributed by atoms with Crippen LogP contribution in [0.25, 0.3) is 0 Å². The molecule has 1 heterocycles. The average molecular weight is 374 g/mol. The van der Waals surface area contributed by atoms with Crippen LogP contribution in [0, 0.1) is 0 Å². The number of benzene rings is 1. The summed E-state index contributed by atoms with van der Waals surface area (Å²) in [4.78, 5) is 0.0743. The number of sulfonamides is 1. The molecule has 2 rings (SSSR count). The van der Waals surface area contributed by atoms with Gasteiger partial charge in [-0.2, -0.15) is 5.10 Å². The number of nitrogens with one attached hydrogen (secondary N) is 1. The fourth-order valence-electron chi connectivity index (χ4n) is 1.94. The van der Waals surface area contributed by atoms with Crippen LogP contribution >= 0.6 is 15.9 Å². The van der Waals surface area contributed by atoms with Crippen LogP contribution in [0.15, 0.2) is 33.8 Å². The van der Waals surface area contributed by atoms with Crippen molar-refractivity contribution in [2.75, 3.05) is 11.8 Å². The zero-order chi connectivity index (χ0) is 15.6. The van der Waals surface area contributed by atoms with Crippen molar-refractivity contribution >= 4 is 31.6 Å². The number of nitrogens with zero attached hydrogens (tertiary/aromatic N) is 2. The van der Waals surface area contributed by atoms with Crippen molar-refractivity contribution in [3.8, 4) is 5.75 Å². The molecule has 0 fully saturated rings. The third kappa shape index (κ3) is 3.38. The third-order valence-corrected chi connectivity index (χ3v) is 4.78. The van der Waals surface area contributed by atoms with E-state index in [1.165, 1.54) is 13.2 Å². The van der Waals surface area contributed by atoms with E-state index in [9.17, 15) is 8.42 Å². The number of ether oxygens (including phenoxy) is 1. The number of hydrogen-bond donors (Lipinski definition) is 1. The predicted molar refractivity (Wildman–Crippen MR) is 84.1 cm³/mol. The summed E-state index contributed by atoms with van der Waals surface area (Å²) in [6.07, 6.45) is 2.27. The number of rotatable bonds is 5. The molecule has 0 spiro atoms. The average Bonchev–Trinajstić information content (AvgIpc) is 2.78. The maximum absolute atomic E-state index is 12.6. The summed E-state index contributed by atoms with van der Waals surface area (Å²) in [5, 5.41) is 4.22. The zero-order valence-electron chi connectivity index (χ0n) is 11.9. The molecule has 114 valence electrons. The van der Waals surface area contributed by atoms with Crippen LogP contribution in [0.3, 0.4) is 0 Å². The minimum Gasteiger partial charge on any atom is -0.495 e. The second kappa shape index (κ2) is 6.07. The van der Waals surface area contributed by atoms with E-state index in [4.69, 9.17) is 4.74 Å². The molecule has 1 N–H and O–H groups in total. The van der Waals surface area contributed by atoms with Crippen LogP contribution in [0.2, 0.25) is 0 Å². The Morgan fingerprint density at radius 3 is 2.76 bits per heavy atom. The second-order valence-electron chi connectivity index (χ2n) is 4.42. The third-order valence-electron chi connectivity index (χ3n) is 2.90. The summed E-state index contributed by atoms with van der Waals surface area (Å²) in [5.74, 6) is 0.285. The molecule has 0 aliphatic rings. The summed E-state index contributed by atoms with van der Waals surface area (Å²) < 4.78 is 35.1. The fraction of sp³-hybridized carbons (Fsp3) is 0.308. The first-order valence-electron chi connectivity index (χ1n) is 6.26. The van der Waals surface area contributed by atoms with Crippen LogP contribution in [-0.4, -0.2) is 25.3 Å². The highest BCUT2D eigenvalue weighted by Crippen LogP contribution is 2.29. The first kappa shape index (κ1) is 15.8. The van der Waals surface area contributed by atoms with Gasteiger partial charge >= 0.3 is 0 Å². The summed E-state index contributed by atoms with van der Waals surface area (Å²) in [7, 11) is -0.575. The molecular weight excluding hydrogens is 358 g/mol. The Hall–Kier alpha value is -1.54. The van der Waals surface area contributed by atoms with Gasteiger partial charge in [0.1, 0.15) is 10.6 Å². The monoisotopic (exact) mass is 373 g/mol. The number of hydrogen-bond acceptors (Lipinski definition) is 4. The van der Waals surface area contributed by atoms with E-state index in [-0.39, 0.29) is 10.6 Å². The normalized spacial score (nSPS) is 11.4. The lowest BCUT2D eigenvalue weighted by Gasteiger charge is -2.11. The first-order valence-corrected chi connectivity index (χ1v) is 8.54. The van der Waals surface area contributed by atoms with Crippen molar-refractivity contribution in [3.05, 3.63) is 34.6 Å². The smallest absolute Gasteiger partial charge is 0.265 e. The predicted octanol–water partition coefficient (Wildman–Crippen LogP) is 2.55. The van der Waals surface area contributed by atoms with Gasteiger partial charge in [0.15, 0.2) is 0 Å². The van der Waals surface area contributed by atoms with E-state index in [1.807, 2.05) is 6.92 Å². The van der Waals surface area contributed by atoms with Gasteiger partial charge in [-0.1, -0.05) is 22.9 Å². The lowest BCUT2D eigenvalue weighted by Crippen LogP contribution is -2.14. The number of aryl methyl sites for hydroxylation is 2. The topological polar surface area (TPSA) is 73.2 Å². The molecule has 2 aromatic rings. The number of methoxy groups -OCH3 is 1. The Bertz CT molecular complexity index is 756. The highest BCUT2D eigenvalue weighted by Gasteiger charge is 2.22. The molecule has 0 unspecified atom stereocenters. The maximum atomic E-state index is 12.6. The minimum atomic E-state index is -3.76. The number of halogens is 1. The Morgan fingerprint density at radius 1 is 1.43 bits per heavy atom. The minimum absolute atomic E-state index is 0.0743. The SMILES string of the molecule is CCc1nn(C)cc1NS(=O)(=O)c1cc(Br)ccc1OC. The summed E-state index contributed by atoms with van der Waals surface area (Å²) in [6.45, 7) is 1.92.